The highest BCUT2D eigenvalue weighted by atomic mass is 16.5. The maximum Gasteiger partial charge on any atom is 0.132 e. The molecule has 0 unspecified atom stereocenters. The molecule has 2 aromatic carbocycles. The predicted octanol–water partition coefficient (Wildman–Crippen LogP) is 4.13. The standard InChI is InChI=1S/C18H18N2O/c1-12-7-6-8-13(2)18(12)21-11-17-14(3)19-15-9-4-5-10-16(15)20-17/h4-10H,11H2,1-3H3. The number of benzene rings is 2. The van der Waals surface area contributed by atoms with E-state index in [1.807, 2.05) is 37.3 Å². The van der Waals surface area contributed by atoms with Gasteiger partial charge in [0.2, 0.25) is 0 Å². The molecular formula is C18H18N2O. The van der Waals surface area contributed by atoms with Gasteiger partial charge in [0.25, 0.3) is 0 Å². The van der Waals surface area contributed by atoms with Gasteiger partial charge in [-0.15, -0.1) is 0 Å². The summed E-state index contributed by atoms with van der Waals surface area (Å²) in [5.41, 5.74) is 5.91. The Bertz CT molecular complexity index is 776. The minimum absolute atomic E-state index is 0.440. The molecule has 3 nitrogen and oxygen atoms in total. The van der Waals surface area contributed by atoms with Crippen LogP contribution in [0.15, 0.2) is 42.5 Å². The summed E-state index contributed by atoms with van der Waals surface area (Å²) < 4.78 is 5.98. The number of para-hydroxylation sites is 3. The maximum absolute atomic E-state index is 5.98. The minimum atomic E-state index is 0.440. The van der Waals surface area contributed by atoms with E-state index in [1.54, 1.807) is 0 Å². The zero-order chi connectivity index (χ0) is 14.8. The third-order valence-corrected chi connectivity index (χ3v) is 3.60. The van der Waals surface area contributed by atoms with Crippen LogP contribution < -0.4 is 4.74 Å². The molecule has 0 saturated heterocycles. The van der Waals surface area contributed by atoms with E-state index < -0.39 is 0 Å². The van der Waals surface area contributed by atoms with Crippen molar-refractivity contribution in [2.75, 3.05) is 0 Å². The highest BCUT2D eigenvalue weighted by molar-refractivity contribution is 5.74. The third kappa shape index (κ3) is 2.72. The van der Waals surface area contributed by atoms with Crippen molar-refractivity contribution < 1.29 is 4.74 Å². The van der Waals surface area contributed by atoms with Crippen LogP contribution in [0.3, 0.4) is 0 Å². The van der Waals surface area contributed by atoms with Crippen LogP contribution in [0.4, 0.5) is 0 Å². The van der Waals surface area contributed by atoms with Crippen LogP contribution >= 0.6 is 0 Å². The summed E-state index contributed by atoms with van der Waals surface area (Å²) in [6.45, 7) is 6.53. The molecule has 0 aliphatic rings. The number of nitrogens with zero attached hydrogens (tertiary/aromatic N) is 2. The molecule has 0 saturated carbocycles. The monoisotopic (exact) mass is 278 g/mol. The van der Waals surface area contributed by atoms with E-state index in [1.165, 1.54) is 0 Å². The summed E-state index contributed by atoms with van der Waals surface area (Å²) >= 11 is 0. The molecular weight excluding hydrogens is 260 g/mol. The second-order valence-corrected chi connectivity index (χ2v) is 5.25. The molecule has 1 heterocycles. The fourth-order valence-electron chi connectivity index (χ4n) is 2.43. The Morgan fingerprint density at radius 3 is 2.10 bits per heavy atom. The number of ether oxygens (including phenoxy) is 1. The van der Waals surface area contributed by atoms with Crippen molar-refractivity contribution in [2.45, 2.75) is 27.4 Å². The molecule has 0 bridgehead atoms. The van der Waals surface area contributed by atoms with Gasteiger partial charge in [-0.25, -0.2) is 9.97 Å². The van der Waals surface area contributed by atoms with E-state index >= 15 is 0 Å². The summed E-state index contributed by atoms with van der Waals surface area (Å²) in [5, 5.41) is 0. The zero-order valence-electron chi connectivity index (χ0n) is 12.6. The average molecular weight is 278 g/mol. The summed E-state index contributed by atoms with van der Waals surface area (Å²) in [4.78, 5) is 9.25. The Labute approximate surface area is 124 Å². The first kappa shape index (κ1) is 13.6. The number of aryl methyl sites for hydroxylation is 3. The minimum Gasteiger partial charge on any atom is -0.487 e. The van der Waals surface area contributed by atoms with E-state index in [-0.39, 0.29) is 0 Å². The first-order valence-electron chi connectivity index (χ1n) is 7.06. The van der Waals surface area contributed by atoms with Crippen LogP contribution in [-0.4, -0.2) is 9.97 Å². The van der Waals surface area contributed by atoms with Gasteiger partial charge in [-0.2, -0.15) is 0 Å². The Hall–Kier alpha value is -2.42. The van der Waals surface area contributed by atoms with Crippen molar-refractivity contribution in [2.24, 2.45) is 0 Å². The molecule has 0 N–H and O–H groups in total. The second kappa shape index (κ2) is 5.52. The van der Waals surface area contributed by atoms with Crippen LogP contribution in [0.5, 0.6) is 5.75 Å². The molecule has 106 valence electrons. The third-order valence-electron chi connectivity index (χ3n) is 3.60. The first-order chi connectivity index (χ1) is 10.1. The molecule has 0 atom stereocenters. The topological polar surface area (TPSA) is 35.0 Å². The fraction of sp³-hybridized carbons (Fsp3) is 0.222. The highest BCUT2D eigenvalue weighted by Crippen LogP contribution is 2.23. The van der Waals surface area contributed by atoms with Gasteiger partial charge in [0.15, 0.2) is 0 Å². The molecule has 0 spiro atoms. The highest BCUT2D eigenvalue weighted by Gasteiger charge is 2.08. The number of fused-ring (bicyclic) bond motifs is 1. The maximum atomic E-state index is 5.98. The lowest BCUT2D eigenvalue weighted by Gasteiger charge is -2.13. The molecule has 0 amide bonds. The molecule has 0 fully saturated rings. The van der Waals surface area contributed by atoms with Gasteiger partial charge in [-0.05, 0) is 44.0 Å². The lowest BCUT2D eigenvalue weighted by atomic mass is 10.1. The molecule has 1 aromatic heterocycles. The van der Waals surface area contributed by atoms with Crippen molar-refractivity contribution in [3.05, 3.63) is 65.0 Å². The van der Waals surface area contributed by atoms with Crippen molar-refractivity contribution in [1.82, 2.24) is 9.97 Å². The van der Waals surface area contributed by atoms with Crippen molar-refractivity contribution in [3.8, 4) is 5.75 Å². The summed E-state index contributed by atoms with van der Waals surface area (Å²) in [6, 6.07) is 14.1. The van der Waals surface area contributed by atoms with E-state index in [0.29, 0.717) is 6.61 Å². The Kier molecular flexibility index (Phi) is 3.57. The number of hydrogen-bond acceptors (Lipinski definition) is 3. The van der Waals surface area contributed by atoms with Crippen LogP contribution in [0.25, 0.3) is 11.0 Å². The number of hydrogen-bond donors (Lipinski definition) is 0. The lowest BCUT2D eigenvalue weighted by molar-refractivity contribution is 0.296. The van der Waals surface area contributed by atoms with Gasteiger partial charge in [0.1, 0.15) is 12.4 Å². The molecule has 0 aliphatic carbocycles. The van der Waals surface area contributed by atoms with Crippen molar-refractivity contribution >= 4 is 11.0 Å². The Morgan fingerprint density at radius 2 is 1.43 bits per heavy atom. The van der Waals surface area contributed by atoms with E-state index in [2.05, 4.69) is 35.9 Å². The molecule has 3 rings (SSSR count). The lowest BCUT2D eigenvalue weighted by Crippen LogP contribution is -2.05. The average Bonchev–Trinajstić information content (AvgIpc) is 2.47. The van der Waals surface area contributed by atoms with E-state index in [9.17, 15) is 0 Å². The zero-order valence-corrected chi connectivity index (χ0v) is 12.6. The van der Waals surface area contributed by atoms with Crippen LogP contribution in [0.2, 0.25) is 0 Å². The van der Waals surface area contributed by atoms with Gasteiger partial charge in [0.05, 0.1) is 22.4 Å². The Balaban J connectivity index is 1.90. The van der Waals surface area contributed by atoms with Crippen LogP contribution in [-0.2, 0) is 6.61 Å². The SMILES string of the molecule is Cc1cccc(C)c1OCc1nc2ccccc2nc1C. The van der Waals surface area contributed by atoms with E-state index in [0.717, 1.165) is 39.3 Å². The quantitative estimate of drug-likeness (QED) is 0.722. The molecule has 0 aliphatic heterocycles. The molecule has 0 radical (unpaired) electrons. The molecule has 21 heavy (non-hydrogen) atoms. The largest absolute Gasteiger partial charge is 0.487 e. The normalized spacial score (nSPS) is 10.8. The van der Waals surface area contributed by atoms with Gasteiger partial charge in [-0.1, -0.05) is 30.3 Å². The van der Waals surface area contributed by atoms with E-state index in [4.69, 9.17) is 4.74 Å². The van der Waals surface area contributed by atoms with Gasteiger partial charge in [-0.3, -0.25) is 0 Å². The molecule has 3 heteroatoms. The summed E-state index contributed by atoms with van der Waals surface area (Å²) in [7, 11) is 0. The first-order valence-corrected chi connectivity index (χ1v) is 7.06. The van der Waals surface area contributed by atoms with Crippen LogP contribution in [0.1, 0.15) is 22.5 Å². The van der Waals surface area contributed by atoms with Gasteiger partial charge < -0.3 is 4.74 Å². The smallest absolute Gasteiger partial charge is 0.132 e. The summed E-state index contributed by atoms with van der Waals surface area (Å²) in [6.07, 6.45) is 0. The second-order valence-electron chi connectivity index (χ2n) is 5.25. The van der Waals surface area contributed by atoms with Crippen molar-refractivity contribution in [1.29, 1.82) is 0 Å². The van der Waals surface area contributed by atoms with Gasteiger partial charge in [0, 0.05) is 0 Å². The molecule has 3 aromatic rings. The number of aromatic nitrogens is 2. The van der Waals surface area contributed by atoms with Crippen molar-refractivity contribution in [3.63, 3.8) is 0 Å². The summed E-state index contributed by atoms with van der Waals surface area (Å²) in [5.74, 6) is 0.937. The number of rotatable bonds is 3. The Morgan fingerprint density at radius 1 is 0.810 bits per heavy atom. The fourth-order valence-corrected chi connectivity index (χ4v) is 2.43. The van der Waals surface area contributed by atoms with Crippen LogP contribution in [0, 0.1) is 20.8 Å². The van der Waals surface area contributed by atoms with Gasteiger partial charge >= 0.3 is 0 Å². The predicted molar refractivity (Wildman–Crippen MR) is 84.5 cm³/mol.